The van der Waals surface area contributed by atoms with Crippen LogP contribution in [-0.4, -0.2) is 69.9 Å². The molecule has 0 saturated carbocycles. The van der Waals surface area contributed by atoms with E-state index in [4.69, 9.17) is 21.7 Å². The van der Waals surface area contributed by atoms with Crippen LogP contribution >= 0.6 is 0 Å². The molecule has 0 aliphatic rings. The minimum Gasteiger partial charge on any atom is -0.481 e. The van der Waals surface area contributed by atoms with Crippen LogP contribution in [0.1, 0.15) is 25.3 Å². The van der Waals surface area contributed by atoms with E-state index in [-0.39, 0.29) is 6.42 Å². The molecule has 0 aliphatic carbocycles. The van der Waals surface area contributed by atoms with Crippen molar-refractivity contribution in [1.82, 2.24) is 16.0 Å². The van der Waals surface area contributed by atoms with E-state index in [2.05, 4.69) is 16.0 Å². The molecule has 0 heterocycles. The van der Waals surface area contributed by atoms with Crippen molar-refractivity contribution in [3.05, 3.63) is 35.9 Å². The van der Waals surface area contributed by atoms with E-state index in [0.717, 1.165) is 0 Å². The highest BCUT2D eigenvalue weighted by atomic mass is 16.4. The average molecular weight is 465 g/mol. The van der Waals surface area contributed by atoms with Crippen LogP contribution in [0.25, 0.3) is 0 Å². The summed E-state index contributed by atoms with van der Waals surface area (Å²) >= 11 is 0. The van der Waals surface area contributed by atoms with Crippen LogP contribution < -0.4 is 27.4 Å². The van der Waals surface area contributed by atoms with Gasteiger partial charge < -0.3 is 37.6 Å². The monoisotopic (exact) mass is 465 g/mol. The molecule has 1 rings (SSSR count). The number of primary amides is 1. The molecule has 4 amide bonds. The molecule has 1 aromatic carbocycles. The number of amides is 4. The van der Waals surface area contributed by atoms with Crippen molar-refractivity contribution in [2.24, 2.45) is 11.5 Å². The molecule has 33 heavy (non-hydrogen) atoms. The molecule has 0 aliphatic heterocycles. The molecule has 13 heteroatoms. The van der Waals surface area contributed by atoms with Gasteiger partial charge in [-0.25, -0.2) is 0 Å². The number of aliphatic carboxylic acids is 2. The fourth-order valence-corrected chi connectivity index (χ4v) is 2.68. The number of nitrogens with two attached hydrogens (primary N) is 2. The van der Waals surface area contributed by atoms with Crippen LogP contribution in [0.2, 0.25) is 0 Å². The number of nitrogens with one attached hydrogen (secondary N) is 3. The first-order valence-corrected chi connectivity index (χ1v) is 9.84. The Labute approximate surface area is 188 Å². The maximum atomic E-state index is 12.9. The van der Waals surface area contributed by atoms with Crippen molar-refractivity contribution in [2.45, 2.75) is 50.4 Å². The third kappa shape index (κ3) is 9.78. The molecule has 180 valence electrons. The van der Waals surface area contributed by atoms with Gasteiger partial charge in [-0.2, -0.15) is 0 Å². The van der Waals surface area contributed by atoms with E-state index >= 15 is 0 Å². The minimum atomic E-state index is -1.51. The minimum absolute atomic E-state index is 0.0470. The number of carbonyl (C=O) groups is 6. The second kappa shape index (κ2) is 12.8. The smallest absolute Gasteiger partial charge is 0.325 e. The molecule has 0 radical (unpaired) electrons. The predicted octanol–water partition coefficient (Wildman–Crippen LogP) is -2.53. The number of carbonyl (C=O) groups excluding carboxylic acids is 4. The maximum absolute atomic E-state index is 12.9. The van der Waals surface area contributed by atoms with Crippen molar-refractivity contribution in [2.75, 3.05) is 0 Å². The third-order valence-corrected chi connectivity index (χ3v) is 4.41. The van der Waals surface area contributed by atoms with Crippen LogP contribution in [0.5, 0.6) is 0 Å². The van der Waals surface area contributed by atoms with E-state index in [1.165, 1.54) is 6.92 Å². The van der Waals surface area contributed by atoms with Gasteiger partial charge in [0, 0.05) is 6.42 Å². The van der Waals surface area contributed by atoms with Gasteiger partial charge in [-0.05, 0) is 12.5 Å². The van der Waals surface area contributed by atoms with Gasteiger partial charge in [-0.15, -0.1) is 0 Å². The van der Waals surface area contributed by atoms with Gasteiger partial charge in [0.15, 0.2) is 0 Å². The lowest BCUT2D eigenvalue weighted by Crippen LogP contribution is -2.58. The van der Waals surface area contributed by atoms with Gasteiger partial charge in [0.1, 0.15) is 18.1 Å². The van der Waals surface area contributed by atoms with Crippen molar-refractivity contribution < 1.29 is 39.0 Å². The summed E-state index contributed by atoms with van der Waals surface area (Å²) < 4.78 is 0. The number of hydrogen-bond donors (Lipinski definition) is 7. The molecular weight excluding hydrogens is 438 g/mol. The number of benzene rings is 1. The van der Waals surface area contributed by atoms with Crippen LogP contribution in [0.3, 0.4) is 0 Å². The zero-order valence-electron chi connectivity index (χ0n) is 17.8. The summed E-state index contributed by atoms with van der Waals surface area (Å²) in [6, 6.07) is 2.92. The zero-order chi connectivity index (χ0) is 25.1. The Morgan fingerprint density at radius 2 is 1.39 bits per heavy atom. The summed E-state index contributed by atoms with van der Waals surface area (Å²) in [6.07, 6.45) is -1.35. The summed E-state index contributed by atoms with van der Waals surface area (Å²) in [7, 11) is 0. The number of hydrogen-bond acceptors (Lipinski definition) is 7. The Bertz CT molecular complexity index is 892. The summed E-state index contributed by atoms with van der Waals surface area (Å²) in [4.78, 5) is 70.8. The third-order valence-electron chi connectivity index (χ3n) is 4.41. The molecule has 0 aromatic heterocycles. The summed E-state index contributed by atoms with van der Waals surface area (Å²) in [5.74, 6) is -6.36. The molecule has 0 bridgehead atoms. The average Bonchev–Trinajstić information content (AvgIpc) is 2.72. The predicted molar refractivity (Wildman–Crippen MR) is 113 cm³/mol. The number of carboxylic acids is 2. The second-order valence-electron chi connectivity index (χ2n) is 7.26. The van der Waals surface area contributed by atoms with Crippen molar-refractivity contribution in [3.8, 4) is 0 Å². The Hall–Kier alpha value is -4.00. The van der Waals surface area contributed by atoms with Crippen LogP contribution in [0, 0.1) is 0 Å². The SMILES string of the molecule is CC(NC(=O)C(CC(N)=O)NC(=O)C(Cc1ccccc1)NC(=O)C(N)CC(=O)O)C(=O)O. The van der Waals surface area contributed by atoms with Gasteiger partial charge in [0.2, 0.25) is 23.6 Å². The highest BCUT2D eigenvalue weighted by Crippen LogP contribution is 2.06. The first-order valence-electron chi connectivity index (χ1n) is 9.84. The fraction of sp³-hybridized carbons (Fsp3) is 0.400. The first kappa shape index (κ1) is 27.0. The lowest BCUT2D eigenvalue weighted by molar-refractivity contribution is -0.142. The van der Waals surface area contributed by atoms with Crippen LogP contribution in [0.4, 0.5) is 0 Å². The Morgan fingerprint density at radius 1 is 0.848 bits per heavy atom. The van der Waals surface area contributed by atoms with Gasteiger partial charge in [0.05, 0.1) is 18.9 Å². The van der Waals surface area contributed by atoms with Crippen molar-refractivity contribution >= 4 is 35.6 Å². The zero-order valence-corrected chi connectivity index (χ0v) is 17.8. The van der Waals surface area contributed by atoms with Crippen LogP contribution in [-0.2, 0) is 35.2 Å². The van der Waals surface area contributed by atoms with Crippen molar-refractivity contribution in [3.63, 3.8) is 0 Å². The quantitative estimate of drug-likeness (QED) is 0.162. The highest BCUT2D eigenvalue weighted by Gasteiger charge is 2.30. The lowest BCUT2D eigenvalue weighted by Gasteiger charge is -2.24. The summed E-state index contributed by atoms with van der Waals surface area (Å²) in [5.41, 5.74) is 11.3. The van der Waals surface area contributed by atoms with E-state index in [1.807, 2.05) is 0 Å². The molecule has 13 nitrogen and oxygen atoms in total. The largest absolute Gasteiger partial charge is 0.481 e. The molecule has 9 N–H and O–H groups in total. The standard InChI is InChI=1S/C20H27N5O8/c1-10(20(32)33)23-18(30)14(9-15(22)26)25-19(31)13(7-11-5-3-2-4-6-11)24-17(29)12(21)8-16(27)28/h2-6,10,12-14H,7-9,21H2,1H3,(H2,22,26)(H,23,30)(H,24,29)(H,25,31)(H,27,28)(H,32,33). The summed E-state index contributed by atoms with van der Waals surface area (Å²) in [6.45, 7) is 1.19. The molecular formula is C20H27N5O8. The maximum Gasteiger partial charge on any atom is 0.325 e. The van der Waals surface area contributed by atoms with Gasteiger partial charge in [-0.1, -0.05) is 30.3 Å². The fourth-order valence-electron chi connectivity index (χ4n) is 2.68. The molecule has 4 atom stereocenters. The van der Waals surface area contributed by atoms with Crippen LogP contribution in [0.15, 0.2) is 30.3 Å². The van der Waals surface area contributed by atoms with Gasteiger partial charge >= 0.3 is 11.9 Å². The molecule has 1 aromatic rings. The van der Waals surface area contributed by atoms with E-state index in [0.29, 0.717) is 5.56 Å². The van der Waals surface area contributed by atoms with E-state index in [9.17, 15) is 28.8 Å². The highest BCUT2D eigenvalue weighted by molar-refractivity contribution is 5.96. The molecule has 0 spiro atoms. The Kier molecular flexibility index (Phi) is 10.5. The first-order chi connectivity index (χ1) is 15.4. The summed E-state index contributed by atoms with van der Waals surface area (Å²) in [5, 5.41) is 24.5. The number of rotatable bonds is 13. The second-order valence-corrected chi connectivity index (χ2v) is 7.26. The van der Waals surface area contributed by atoms with Gasteiger partial charge in [-0.3, -0.25) is 28.8 Å². The lowest BCUT2D eigenvalue weighted by atomic mass is 10.0. The normalized spacial score (nSPS) is 14.1. The van der Waals surface area contributed by atoms with Crippen molar-refractivity contribution in [1.29, 1.82) is 0 Å². The van der Waals surface area contributed by atoms with E-state index in [1.54, 1.807) is 30.3 Å². The molecule has 4 unspecified atom stereocenters. The van der Waals surface area contributed by atoms with Gasteiger partial charge in [0.25, 0.3) is 0 Å². The van der Waals surface area contributed by atoms with E-state index < -0.39 is 72.6 Å². The Balaban J connectivity index is 3.07. The molecule has 0 saturated heterocycles. The Morgan fingerprint density at radius 3 is 1.91 bits per heavy atom. The molecule has 0 fully saturated rings. The topological polar surface area (TPSA) is 231 Å². The number of carboxylic acid groups (broad SMARTS) is 2.